The molecule has 10 nitrogen and oxygen atoms in total. The van der Waals surface area contributed by atoms with Crippen molar-refractivity contribution < 1.29 is 33.9 Å². The minimum absolute atomic E-state index is 0.0307. The number of carboxylic acids is 1. The Morgan fingerprint density at radius 3 is 2.41 bits per heavy atom. The summed E-state index contributed by atoms with van der Waals surface area (Å²) in [4.78, 5) is 32.9. The lowest BCUT2D eigenvalue weighted by atomic mass is 10.0. The van der Waals surface area contributed by atoms with Crippen molar-refractivity contribution in [2.45, 2.75) is 24.4 Å². The number of nitrogens with one attached hydrogen (secondary N) is 1. The molecule has 7 N–H and O–H groups in total. The van der Waals surface area contributed by atoms with Crippen molar-refractivity contribution >= 4 is 27.3 Å². The van der Waals surface area contributed by atoms with E-state index >= 15 is 0 Å². The van der Waals surface area contributed by atoms with Gasteiger partial charge in [-0.25, -0.2) is 0 Å². The van der Waals surface area contributed by atoms with Crippen LogP contribution in [0.4, 0.5) is 0 Å². The normalized spacial score (nSPS) is 14.9. The Hall–Kier alpha value is -1.32. The van der Waals surface area contributed by atoms with Gasteiger partial charge in [0.25, 0.3) is 0 Å². The number of primary amides is 1. The van der Waals surface area contributed by atoms with Crippen LogP contribution < -0.4 is 16.8 Å². The molecule has 0 heterocycles. The highest BCUT2D eigenvalue weighted by Crippen LogP contribution is 2.09. The first-order valence-electron chi connectivity index (χ1n) is 6.36. The molecule has 2 unspecified atom stereocenters. The minimum Gasteiger partial charge on any atom is -0.480 e. The number of hydrogen-bond donors (Lipinski definition) is 5. The molecule has 0 radical (unpaired) electrons. The van der Waals surface area contributed by atoms with Gasteiger partial charge in [-0.05, 0) is 6.42 Å². The maximum atomic E-state index is 11.7. The number of aliphatic hydroxyl groups excluding tert-OH is 1. The van der Waals surface area contributed by atoms with Crippen molar-refractivity contribution in [1.82, 2.24) is 5.32 Å². The Morgan fingerprint density at radius 1 is 1.32 bits per heavy atom. The minimum atomic E-state index is -1.28. The fourth-order valence-electron chi connectivity index (χ4n) is 1.45. The number of amides is 1. The molecule has 0 aliphatic rings. The molecule has 0 saturated carbocycles. The molecule has 0 aliphatic carbocycles. The SMILES string of the molecule is NC(=O)CC[C@H](N)C(=O)OCC(CO)(COP)NCC(=O)O. The highest BCUT2D eigenvalue weighted by molar-refractivity contribution is 7.09. The number of esters is 1. The zero-order valence-electron chi connectivity index (χ0n) is 12.0. The third-order valence-corrected chi connectivity index (χ3v) is 2.94. The van der Waals surface area contributed by atoms with Gasteiger partial charge in [0.1, 0.15) is 18.2 Å². The van der Waals surface area contributed by atoms with Crippen molar-refractivity contribution in [2.75, 3.05) is 26.4 Å². The van der Waals surface area contributed by atoms with Gasteiger partial charge in [-0.2, -0.15) is 0 Å². The van der Waals surface area contributed by atoms with E-state index in [1.54, 1.807) is 0 Å². The maximum absolute atomic E-state index is 11.7. The Labute approximate surface area is 129 Å². The smallest absolute Gasteiger partial charge is 0.322 e. The van der Waals surface area contributed by atoms with Crippen molar-refractivity contribution in [2.24, 2.45) is 11.5 Å². The number of carbonyl (C=O) groups excluding carboxylic acids is 2. The first-order chi connectivity index (χ1) is 10.3. The van der Waals surface area contributed by atoms with Gasteiger partial charge >= 0.3 is 11.9 Å². The number of aliphatic carboxylic acids is 1. The molecule has 1 amide bonds. The zero-order chi connectivity index (χ0) is 17.2. The van der Waals surface area contributed by atoms with Crippen LogP contribution in [0.15, 0.2) is 0 Å². The lowest BCUT2D eigenvalue weighted by molar-refractivity contribution is -0.149. The van der Waals surface area contributed by atoms with Gasteiger partial charge < -0.3 is 30.9 Å². The number of hydrogen-bond acceptors (Lipinski definition) is 8. The monoisotopic (exact) mass is 339 g/mol. The largest absolute Gasteiger partial charge is 0.480 e. The summed E-state index contributed by atoms with van der Waals surface area (Å²) in [5, 5.41) is 20.6. The maximum Gasteiger partial charge on any atom is 0.322 e. The number of rotatable bonds is 12. The van der Waals surface area contributed by atoms with Crippen molar-refractivity contribution in [3.63, 3.8) is 0 Å². The van der Waals surface area contributed by atoms with E-state index in [2.05, 4.69) is 5.32 Å². The summed E-state index contributed by atoms with van der Waals surface area (Å²) in [5.41, 5.74) is 9.21. The molecule has 3 atom stereocenters. The molecular formula is C11H22N3O7P. The van der Waals surface area contributed by atoms with Crippen LogP contribution in [0.1, 0.15) is 12.8 Å². The summed E-state index contributed by atoms with van der Waals surface area (Å²) in [7, 11) is 1.95. The summed E-state index contributed by atoms with van der Waals surface area (Å²) in [6.45, 7) is -1.46. The number of aliphatic hydroxyl groups is 1. The summed E-state index contributed by atoms with van der Waals surface area (Å²) < 4.78 is 9.78. The standard InChI is InChI=1S/C11H22N3O7P/c12-7(1-2-8(13)16)10(19)20-5-11(4-15,6-21-22)14-3-9(17)18/h7,14-15H,1-6,12,22H2,(H2,13,16)(H,17,18)/t7-,11?/m0/s1. The average molecular weight is 339 g/mol. The van der Waals surface area contributed by atoms with Gasteiger partial charge in [-0.3, -0.25) is 19.7 Å². The van der Waals surface area contributed by atoms with Crippen LogP contribution in [-0.4, -0.2) is 66.0 Å². The van der Waals surface area contributed by atoms with Crippen molar-refractivity contribution in [3.8, 4) is 0 Å². The van der Waals surface area contributed by atoms with E-state index < -0.39 is 42.6 Å². The Morgan fingerprint density at radius 2 is 1.95 bits per heavy atom. The number of ether oxygens (including phenoxy) is 1. The van der Waals surface area contributed by atoms with Gasteiger partial charge in [0.15, 0.2) is 0 Å². The van der Waals surface area contributed by atoms with E-state index in [1.807, 2.05) is 9.47 Å². The fraction of sp³-hybridized carbons (Fsp3) is 0.727. The second-order valence-electron chi connectivity index (χ2n) is 4.72. The lowest BCUT2D eigenvalue weighted by Crippen LogP contribution is -2.57. The highest BCUT2D eigenvalue weighted by Gasteiger charge is 2.32. The van der Waals surface area contributed by atoms with Gasteiger partial charge in [0.05, 0.1) is 19.8 Å². The molecule has 0 aromatic rings. The van der Waals surface area contributed by atoms with E-state index in [4.69, 9.17) is 25.8 Å². The Balaban J connectivity index is 4.56. The van der Waals surface area contributed by atoms with Crippen LogP contribution >= 0.6 is 9.47 Å². The van der Waals surface area contributed by atoms with Gasteiger partial charge in [-0.1, -0.05) is 0 Å². The summed E-state index contributed by atoms with van der Waals surface area (Å²) in [5.74, 6) is -2.53. The second kappa shape index (κ2) is 10.4. The molecule has 0 aliphatic heterocycles. The molecule has 0 spiro atoms. The molecular weight excluding hydrogens is 317 g/mol. The van der Waals surface area contributed by atoms with Gasteiger partial charge in [0, 0.05) is 15.9 Å². The van der Waals surface area contributed by atoms with E-state index in [0.29, 0.717) is 0 Å². The summed E-state index contributed by atoms with van der Waals surface area (Å²) >= 11 is 0. The van der Waals surface area contributed by atoms with Crippen LogP contribution in [0.5, 0.6) is 0 Å². The lowest BCUT2D eigenvalue weighted by Gasteiger charge is -2.31. The molecule has 0 aromatic heterocycles. The van der Waals surface area contributed by atoms with Crippen LogP contribution in [0, 0.1) is 0 Å². The number of nitrogens with two attached hydrogens (primary N) is 2. The van der Waals surface area contributed by atoms with Crippen LogP contribution in [0.25, 0.3) is 0 Å². The molecule has 22 heavy (non-hydrogen) atoms. The van der Waals surface area contributed by atoms with Gasteiger partial charge in [-0.15, -0.1) is 0 Å². The molecule has 0 aromatic carbocycles. The molecule has 0 saturated heterocycles. The molecule has 0 fully saturated rings. The van der Waals surface area contributed by atoms with E-state index in [-0.39, 0.29) is 26.1 Å². The van der Waals surface area contributed by atoms with Crippen LogP contribution in [0.2, 0.25) is 0 Å². The van der Waals surface area contributed by atoms with Crippen LogP contribution in [-0.2, 0) is 23.6 Å². The molecule has 0 bridgehead atoms. The fourth-order valence-corrected chi connectivity index (χ4v) is 1.76. The molecule has 11 heteroatoms. The van der Waals surface area contributed by atoms with E-state index in [9.17, 15) is 19.5 Å². The quantitative estimate of drug-likeness (QED) is 0.188. The first kappa shape index (κ1) is 20.7. The molecule has 0 rings (SSSR count). The summed E-state index contributed by atoms with van der Waals surface area (Å²) in [6, 6.07) is -1.04. The third kappa shape index (κ3) is 8.20. The van der Waals surface area contributed by atoms with Crippen molar-refractivity contribution in [3.05, 3.63) is 0 Å². The number of carboxylic acid groups (broad SMARTS) is 1. The Bertz CT molecular complexity index is 396. The Kier molecular flexibility index (Phi) is 9.79. The van der Waals surface area contributed by atoms with Crippen molar-refractivity contribution in [1.29, 1.82) is 0 Å². The van der Waals surface area contributed by atoms with E-state index in [1.165, 1.54) is 0 Å². The highest BCUT2D eigenvalue weighted by atomic mass is 31.0. The average Bonchev–Trinajstić information content (AvgIpc) is 2.47. The second-order valence-corrected chi connectivity index (χ2v) is 5.05. The topological polar surface area (TPSA) is 174 Å². The summed E-state index contributed by atoms with van der Waals surface area (Å²) in [6.07, 6.45) is -0.0314. The predicted molar refractivity (Wildman–Crippen MR) is 78.5 cm³/mol. The zero-order valence-corrected chi connectivity index (χ0v) is 13.1. The third-order valence-electron chi connectivity index (χ3n) is 2.77. The van der Waals surface area contributed by atoms with Crippen LogP contribution in [0.3, 0.4) is 0 Å². The first-order valence-corrected chi connectivity index (χ1v) is 6.83. The molecule has 128 valence electrons. The van der Waals surface area contributed by atoms with E-state index in [0.717, 1.165) is 0 Å². The number of carbonyl (C=O) groups is 3. The van der Waals surface area contributed by atoms with Gasteiger partial charge in [0.2, 0.25) is 5.91 Å². The predicted octanol–water partition coefficient (Wildman–Crippen LogP) is -2.67.